The van der Waals surface area contributed by atoms with Crippen LogP contribution in [0.2, 0.25) is 0 Å². The molecule has 0 bridgehead atoms. The maximum Gasteiger partial charge on any atom is 0.270 e. The summed E-state index contributed by atoms with van der Waals surface area (Å²) < 4.78 is 26.2. The summed E-state index contributed by atoms with van der Waals surface area (Å²) in [4.78, 5) is 21.6. The minimum atomic E-state index is -4.09. The van der Waals surface area contributed by atoms with E-state index in [1.807, 2.05) is 4.72 Å². The van der Waals surface area contributed by atoms with Crippen molar-refractivity contribution < 1.29 is 18.1 Å². The van der Waals surface area contributed by atoms with E-state index in [1.165, 1.54) is 18.2 Å². The first-order valence-corrected chi connectivity index (χ1v) is 7.90. The Balaban J connectivity index is 2.16. The van der Waals surface area contributed by atoms with Crippen molar-refractivity contribution in [2.24, 2.45) is 5.92 Å². The predicted molar refractivity (Wildman–Crippen MR) is 74.0 cm³/mol. The maximum absolute atomic E-state index is 12.1. The second-order valence-corrected chi connectivity index (χ2v) is 6.43. The number of nitrogens with one attached hydrogen (secondary N) is 2. The average molecular weight is 313 g/mol. The van der Waals surface area contributed by atoms with E-state index in [2.05, 4.69) is 5.32 Å². The van der Waals surface area contributed by atoms with Crippen molar-refractivity contribution in [2.75, 3.05) is 13.1 Å². The van der Waals surface area contributed by atoms with E-state index in [9.17, 15) is 23.3 Å². The minimum Gasteiger partial charge on any atom is -0.317 e. The summed E-state index contributed by atoms with van der Waals surface area (Å²) in [6.07, 6.45) is 1.13. The van der Waals surface area contributed by atoms with Gasteiger partial charge in [0.05, 0.1) is 9.82 Å². The van der Waals surface area contributed by atoms with Crippen molar-refractivity contribution in [3.63, 3.8) is 0 Å². The van der Waals surface area contributed by atoms with Crippen molar-refractivity contribution in [3.05, 3.63) is 34.4 Å². The molecule has 9 heteroatoms. The monoisotopic (exact) mass is 313 g/mol. The van der Waals surface area contributed by atoms with Crippen molar-refractivity contribution >= 4 is 21.6 Å². The third-order valence-electron chi connectivity index (χ3n) is 3.28. The van der Waals surface area contributed by atoms with Gasteiger partial charge in [-0.3, -0.25) is 14.9 Å². The van der Waals surface area contributed by atoms with Crippen LogP contribution in [-0.2, 0) is 14.8 Å². The fraction of sp³-hybridized carbons (Fsp3) is 0.417. The Bertz CT molecular complexity index is 653. The molecule has 0 aromatic heterocycles. The standard InChI is InChI=1S/C12H15N3O5S/c16-12(9-4-6-13-7-5-9)14-21(19,20)11-3-1-2-10(8-11)15(17)18/h1-3,8-9,13H,4-7H2,(H,14,16). The van der Waals surface area contributed by atoms with Gasteiger partial charge in [0.25, 0.3) is 15.7 Å². The van der Waals surface area contributed by atoms with Gasteiger partial charge in [-0.05, 0) is 32.0 Å². The Morgan fingerprint density at radius 3 is 2.62 bits per heavy atom. The summed E-state index contributed by atoms with van der Waals surface area (Å²) in [6.45, 7) is 1.32. The molecule has 0 saturated carbocycles. The molecule has 114 valence electrons. The third-order valence-corrected chi connectivity index (χ3v) is 4.63. The number of nitro benzene ring substituents is 1. The van der Waals surface area contributed by atoms with E-state index in [0.29, 0.717) is 25.9 Å². The molecule has 0 atom stereocenters. The second-order valence-electron chi connectivity index (χ2n) is 4.75. The number of hydrogen-bond donors (Lipinski definition) is 2. The molecule has 1 aliphatic heterocycles. The molecule has 0 spiro atoms. The Hall–Kier alpha value is -2.00. The number of hydrogen-bond acceptors (Lipinski definition) is 6. The highest BCUT2D eigenvalue weighted by Gasteiger charge is 2.26. The number of benzene rings is 1. The lowest BCUT2D eigenvalue weighted by molar-refractivity contribution is -0.385. The summed E-state index contributed by atoms with van der Waals surface area (Å²) >= 11 is 0. The zero-order valence-electron chi connectivity index (χ0n) is 11.1. The SMILES string of the molecule is O=C(NS(=O)(=O)c1cccc([N+](=O)[O-])c1)C1CCNCC1. The van der Waals surface area contributed by atoms with Crippen LogP contribution < -0.4 is 10.0 Å². The van der Waals surface area contributed by atoms with E-state index in [-0.39, 0.29) is 16.5 Å². The second kappa shape index (κ2) is 6.19. The third kappa shape index (κ3) is 3.76. The zero-order valence-corrected chi connectivity index (χ0v) is 11.9. The fourth-order valence-electron chi connectivity index (χ4n) is 2.12. The van der Waals surface area contributed by atoms with E-state index < -0.39 is 20.9 Å². The van der Waals surface area contributed by atoms with Gasteiger partial charge in [0.1, 0.15) is 0 Å². The summed E-state index contributed by atoms with van der Waals surface area (Å²) in [6, 6.07) is 4.60. The minimum absolute atomic E-state index is 0.293. The first-order chi connectivity index (χ1) is 9.90. The smallest absolute Gasteiger partial charge is 0.270 e. The van der Waals surface area contributed by atoms with Crippen LogP contribution in [0.25, 0.3) is 0 Å². The average Bonchev–Trinajstić information content (AvgIpc) is 2.48. The normalized spacial score (nSPS) is 16.4. The first-order valence-electron chi connectivity index (χ1n) is 6.42. The number of non-ortho nitro benzene ring substituents is 1. The molecule has 21 heavy (non-hydrogen) atoms. The summed E-state index contributed by atoms with van der Waals surface area (Å²) in [5.74, 6) is -0.928. The number of sulfonamides is 1. The van der Waals surface area contributed by atoms with E-state index >= 15 is 0 Å². The van der Waals surface area contributed by atoms with Crippen LogP contribution in [0, 0.1) is 16.0 Å². The van der Waals surface area contributed by atoms with Crippen molar-refractivity contribution in [1.82, 2.24) is 10.0 Å². The molecule has 2 N–H and O–H groups in total. The molecule has 1 saturated heterocycles. The highest BCUT2D eigenvalue weighted by Crippen LogP contribution is 2.18. The molecule has 1 fully saturated rings. The van der Waals surface area contributed by atoms with Gasteiger partial charge in [-0.15, -0.1) is 0 Å². The molecule has 1 aromatic rings. The molecule has 0 radical (unpaired) electrons. The number of piperidine rings is 1. The first kappa shape index (κ1) is 15.4. The Morgan fingerprint density at radius 2 is 2.00 bits per heavy atom. The van der Waals surface area contributed by atoms with Crippen LogP contribution in [0.1, 0.15) is 12.8 Å². The Morgan fingerprint density at radius 1 is 1.33 bits per heavy atom. The molecular weight excluding hydrogens is 298 g/mol. The molecular formula is C12H15N3O5S. The summed E-state index contributed by atoms with van der Waals surface area (Å²) in [7, 11) is -4.09. The van der Waals surface area contributed by atoms with Crippen LogP contribution in [0.3, 0.4) is 0 Å². The lowest BCUT2D eigenvalue weighted by Crippen LogP contribution is -2.40. The molecule has 1 heterocycles. The van der Waals surface area contributed by atoms with Gasteiger partial charge in [0.2, 0.25) is 5.91 Å². The molecule has 1 amide bonds. The highest BCUT2D eigenvalue weighted by molar-refractivity contribution is 7.90. The van der Waals surface area contributed by atoms with Gasteiger partial charge in [-0.25, -0.2) is 13.1 Å². The molecule has 1 aromatic carbocycles. The van der Waals surface area contributed by atoms with E-state index in [4.69, 9.17) is 0 Å². The van der Waals surface area contributed by atoms with Gasteiger partial charge in [0.15, 0.2) is 0 Å². The molecule has 1 aliphatic rings. The number of carbonyl (C=O) groups is 1. The van der Waals surface area contributed by atoms with Crippen molar-refractivity contribution in [1.29, 1.82) is 0 Å². The van der Waals surface area contributed by atoms with Crippen molar-refractivity contribution in [3.8, 4) is 0 Å². The Kier molecular flexibility index (Phi) is 4.53. The molecule has 8 nitrogen and oxygen atoms in total. The highest BCUT2D eigenvalue weighted by atomic mass is 32.2. The van der Waals surface area contributed by atoms with E-state index in [0.717, 1.165) is 6.07 Å². The molecule has 2 rings (SSSR count). The summed E-state index contributed by atoms with van der Waals surface area (Å²) in [5.41, 5.74) is -0.341. The van der Waals surface area contributed by atoms with Crippen LogP contribution in [0.4, 0.5) is 5.69 Å². The van der Waals surface area contributed by atoms with Crippen molar-refractivity contribution in [2.45, 2.75) is 17.7 Å². The van der Waals surface area contributed by atoms with Gasteiger partial charge in [-0.1, -0.05) is 6.07 Å². The lowest BCUT2D eigenvalue weighted by atomic mass is 9.98. The quantitative estimate of drug-likeness (QED) is 0.613. The number of nitrogens with zero attached hydrogens (tertiary/aromatic N) is 1. The van der Waals surface area contributed by atoms with Gasteiger partial charge < -0.3 is 5.32 Å². The largest absolute Gasteiger partial charge is 0.317 e. The number of amides is 1. The Labute approximate surface area is 121 Å². The van der Waals surface area contributed by atoms with Gasteiger partial charge in [-0.2, -0.15) is 0 Å². The van der Waals surface area contributed by atoms with Gasteiger partial charge in [0, 0.05) is 18.1 Å². The van der Waals surface area contributed by atoms with Crippen LogP contribution >= 0.6 is 0 Å². The van der Waals surface area contributed by atoms with Gasteiger partial charge >= 0.3 is 0 Å². The predicted octanol–water partition coefficient (Wildman–Crippen LogP) is 0.399. The summed E-state index contributed by atoms with van der Waals surface area (Å²) in [5, 5.41) is 13.7. The van der Waals surface area contributed by atoms with Crippen LogP contribution in [-0.4, -0.2) is 32.3 Å². The number of rotatable bonds is 4. The zero-order chi connectivity index (χ0) is 15.5. The molecule has 0 unspecified atom stereocenters. The number of carbonyl (C=O) groups excluding carboxylic acids is 1. The van der Waals surface area contributed by atoms with E-state index in [1.54, 1.807) is 0 Å². The van der Waals surface area contributed by atoms with Crippen LogP contribution in [0.15, 0.2) is 29.2 Å². The maximum atomic E-state index is 12.1. The lowest BCUT2D eigenvalue weighted by Gasteiger charge is -2.21. The van der Waals surface area contributed by atoms with Crippen LogP contribution in [0.5, 0.6) is 0 Å². The molecule has 0 aliphatic carbocycles. The topological polar surface area (TPSA) is 118 Å². The number of nitro groups is 1. The fourth-order valence-corrected chi connectivity index (χ4v) is 3.21.